The van der Waals surface area contributed by atoms with Crippen LogP contribution in [0.5, 0.6) is 0 Å². The number of aromatic carboxylic acids is 1. The number of ether oxygens (including phenoxy) is 1. The van der Waals surface area contributed by atoms with Crippen LogP contribution in [0.4, 0.5) is 0 Å². The Morgan fingerprint density at radius 3 is 2.82 bits per heavy atom. The van der Waals surface area contributed by atoms with Crippen molar-refractivity contribution in [2.75, 3.05) is 7.11 Å². The number of imidazole rings is 1. The lowest BCUT2D eigenvalue weighted by atomic mass is 10.1. The van der Waals surface area contributed by atoms with E-state index in [4.69, 9.17) is 9.84 Å². The SMILES string of the molecule is CO[C@H](C)c1cc(C)cn2cc(C(=O)O)nc12. The topological polar surface area (TPSA) is 63.8 Å². The summed E-state index contributed by atoms with van der Waals surface area (Å²) in [5.41, 5.74) is 2.59. The molecule has 1 N–H and O–H groups in total. The molecule has 0 unspecified atom stereocenters. The van der Waals surface area contributed by atoms with Gasteiger partial charge in [0.1, 0.15) is 5.65 Å². The largest absolute Gasteiger partial charge is 0.476 e. The van der Waals surface area contributed by atoms with E-state index >= 15 is 0 Å². The lowest BCUT2D eigenvalue weighted by Crippen LogP contribution is -2.01. The molecule has 0 bridgehead atoms. The van der Waals surface area contributed by atoms with E-state index in [9.17, 15) is 4.79 Å². The Labute approximate surface area is 98.7 Å². The van der Waals surface area contributed by atoms with Gasteiger partial charge in [-0.05, 0) is 25.5 Å². The number of carbonyl (C=O) groups is 1. The molecule has 2 heterocycles. The van der Waals surface area contributed by atoms with Crippen molar-refractivity contribution in [3.63, 3.8) is 0 Å². The van der Waals surface area contributed by atoms with Gasteiger partial charge in [-0.15, -0.1) is 0 Å². The number of carboxylic acids is 1. The first kappa shape index (κ1) is 11.6. The summed E-state index contributed by atoms with van der Waals surface area (Å²) in [4.78, 5) is 15.0. The summed E-state index contributed by atoms with van der Waals surface area (Å²) in [5, 5.41) is 8.93. The fourth-order valence-electron chi connectivity index (χ4n) is 1.80. The second kappa shape index (κ2) is 4.18. The van der Waals surface area contributed by atoms with Gasteiger partial charge < -0.3 is 14.2 Å². The van der Waals surface area contributed by atoms with E-state index < -0.39 is 5.97 Å². The standard InChI is InChI=1S/C12H14N2O3/c1-7-4-9(8(2)17-3)11-13-10(12(15)16)6-14(11)5-7/h4-6,8H,1-3H3,(H,15,16)/t8-/m1/s1. The molecule has 5 heteroatoms. The summed E-state index contributed by atoms with van der Waals surface area (Å²) < 4.78 is 6.99. The molecule has 2 aromatic heterocycles. The van der Waals surface area contributed by atoms with Crippen molar-refractivity contribution < 1.29 is 14.6 Å². The van der Waals surface area contributed by atoms with Gasteiger partial charge in [-0.25, -0.2) is 9.78 Å². The lowest BCUT2D eigenvalue weighted by molar-refractivity contribution is 0.0691. The van der Waals surface area contributed by atoms with Crippen LogP contribution < -0.4 is 0 Å². The molecule has 0 fully saturated rings. The van der Waals surface area contributed by atoms with E-state index in [2.05, 4.69) is 4.98 Å². The van der Waals surface area contributed by atoms with E-state index in [1.165, 1.54) is 6.20 Å². The molecule has 0 radical (unpaired) electrons. The average Bonchev–Trinajstić information content (AvgIpc) is 2.70. The van der Waals surface area contributed by atoms with Crippen molar-refractivity contribution in [3.05, 3.63) is 35.3 Å². The minimum atomic E-state index is -1.03. The third-order valence-electron chi connectivity index (χ3n) is 2.73. The maximum absolute atomic E-state index is 10.9. The third kappa shape index (κ3) is 2.01. The molecule has 1 atom stereocenters. The van der Waals surface area contributed by atoms with Gasteiger partial charge in [-0.3, -0.25) is 0 Å². The van der Waals surface area contributed by atoms with Gasteiger partial charge in [0.05, 0.1) is 6.10 Å². The van der Waals surface area contributed by atoms with Crippen LogP contribution >= 0.6 is 0 Å². The molecular weight excluding hydrogens is 220 g/mol. The molecule has 0 aliphatic carbocycles. The fraction of sp³-hybridized carbons (Fsp3) is 0.333. The van der Waals surface area contributed by atoms with Crippen LogP contribution in [-0.4, -0.2) is 27.6 Å². The summed E-state index contributed by atoms with van der Waals surface area (Å²) in [5.74, 6) is -1.03. The Bertz CT molecular complexity index is 574. The van der Waals surface area contributed by atoms with Crippen molar-refractivity contribution in [3.8, 4) is 0 Å². The van der Waals surface area contributed by atoms with Gasteiger partial charge in [0.15, 0.2) is 5.69 Å². The predicted molar refractivity (Wildman–Crippen MR) is 62.3 cm³/mol. The first-order valence-corrected chi connectivity index (χ1v) is 5.28. The molecule has 0 saturated heterocycles. The van der Waals surface area contributed by atoms with Gasteiger partial charge >= 0.3 is 5.97 Å². The Hall–Kier alpha value is -1.88. The summed E-state index contributed by atoms with van der Waals surface area (Å²) in [7, 11) is 1.62. The highest BCUT2D eigenvalue weighted by Gasteiger charge is 2.15. The van der Waals surface area contributed by atoms with Crippen LogP contribution in [0.2, 0.25) is 0 Å². The summed E-state index contributed by atoms with van der Waals surface area (Å²) in [6, 6.07) is 1.96. The van der Waals surface area contributed by atoms with Gasteiger partial charge in [0.25, 0.3) is 0 Å². The summed E-state index contributed by atoms with van der Waals surface area (Å²) in [6.07, 6.45) is 3.23. The molecule has 17 heavy (non-hydrogen) atoms. The van der Waals surface area contributed by atoms with Crippen molar-refractivity contribution >= 4 is 11.6 Å². The maximum Gasteiger partial charge on any atom is 0.356 e. The van der Waals surface area contributed by atoms with Crippen molar-refractivity contribution in [2.24, 2.45) is 0 Å². The number of rotatable bonds is 3. The predicted octanol–water partition coefficient (Wildman–Crippen LogP) is 2.05. The zero-order valence-corrected chi connectivity index (χ0v) is 9.97. The highest BCUT2D eigenvalue weighted by molar-refractivity contribution is 5.86. The van der Waals surface area contributed by atoms with Crippen LogP contribution in [0.3, 0.4) is 0 Å². The smallest absolute Gasteiger partial charge is 0.356 e. The molecule has 0 amide bonds. The number of methoxy groups -OCH3 is 1. The molecular formula is C12H14N2O3. The Balaban J connectivity index is 2.69. The lowest BCUT2D eigenvalue weighted by Gasteiger charge is -2.11. The van der Waals surface area contributed by atoms with Crippen LogP contribution in [0.15, 0.2) is 18.5 Å². The molecule has 90 valence electrons. The van der Waals surface area contributed by atoms with Gasteiger partial charge in [0, 0.05) is 25.1 Å². The number of aromatic nitrogens is 2. The van der Waals surface area contributed by atoms with Gasteiger partial charge in [0.2, 0.25) is 0 Å². The first-order chi connectivity index (χ1) is 8.02. The zero-order valence-electron chi connectivity index (χ0n) is 9.97. The van der Waals surface area contributed by atoms with Gasteiger partial charge in [-0.1, -0.05) is 0 Å². The number of carboxylic acid groups (broad SMARTS) is 1. The molecule has 0 saturated carbocycles. The minimum Gasteiger partial charge on any atom is -0.476 e. The summed E-state index contributed by atoms with van der Waals surface area (Å²) in [6.45, 7) is 3.86. The number of pyridine rings is 1. The van der Waals surface area contributed by atoms with Crippen molar-refractivity contribution in [1.29, 1.82) is 0 Å². The minimum absolute atomic E-state index is 0.0418. The van der Waals surface area contributed by atoms with Crippen molar-refractivity contribution in [1.82, 2.24) is 9.38 Å². The molecule has 0 aromatic carbocycles. The molecule has 2 aromatic rings. The average molecular weight is 234 g/mol. The van der Waals surface area contributed by atoms with Crippen LogP contribution in [0.1, 0.15) is 34.6 Å². The van der Waals surface area contributed by atoms with Crippen LogP contribution in [0, 0.1) is 6.92 Å². The van der Waals surface area contributed by atoms with Gasteiger partial charge in [-0.2, -0.15) is 0 Å². The Kier molecular flexibility index (Phi) is 2.85. The quantitative estimate of drug-likeness (QED) is 0.882. The molecule has 0 spiro atoms. The third-order valence-corrected chi connectivity index (χ3v) is 2.73. The molecule has 2 rings (SSSR count). The molecule has 0 aliphatic rings. The first-order valence-electron chi connectivity index (χ1n) is 5.28. The van der Waals surface area contributed by atoms with Crippen molar-refractivity contribution in [2.45, 2.75) is 20.0 Å². The number of aryl methyl sites for hydroxylation is 1. The Morgan fingerprint density at radius 1 is 1.53 bits per heavy atom. The van der Waals surface area contributed by atoms with E-state index in [0.717, 1.165) is 11.1 Å². The second-order valence-electron chi connectivity index (χ2n) is 4.01. The van der Waals surface area contributed by atoms with E-state index in [1.807, 2.05) is 26.1 Å². The monoisotopic (exact) mass is 234 g/mol. The van der Waals surface area contributed by atoms with E-state index in [-0.39, 0.29) is 11.8 Å². The highest BCUT2D eigenvalue weighted by atomic mass is 16.5. The van der Waals surface area contributed by atoms with E-state index in [1.54, 1.807) is 11.5 Å². The number of hydrogen-bond donors (Lipinski definition) is 1. The molecule has 5 nitrogen and oxygen atoms in total. The maximum atomic E-state index is 10.9. The second-order valence-corrected chi connectivity index (χ2v) is 4.01. The highest BCUT2D eigenvalue weighted by Crippen LogP contribution is 2.22. The van der Waals surface area contributed by atoms with Crippen LogP contribution in [0.25, 0.3) is 5.65 Å². The normalized spacial score (nSPS) is 12.9. The summed E-state index contributed by atoms with van der Waals surface area (Å²) >= 11 is 0. The number of fused-ring (bicyclic) bond motifs is 1. The molecule has 0 aliphatic heterocycles. The number of hydrogen-bond acceptors (Lipinski definition) is 3. The fourth-order valence-corrected chi connectivity index (χ4v) is 1.80. The number of nitrogens with zero attached hydrogens (tertiary/aromatic N) is 2. The van der Waals surface area contributed by atoms with E-state index in [0.29, 0.717) is 5.65 Å². The van der Waals surface area contributed by atoms with Crippen LogP contribution in [-0.2, 0) is 4.74 Å². The zero-order chi connectivity index (χ0) is 12.6. The Morgan fingerprint density at radius 2 is 2.24 bits per heavy atom.